The van der Waals surface area contributed by atoms with Gasteiger partial charge < -0.3 is 4.74 Å². The predicted octanol–water partition coefficient (Wildman–Crippen LogP) is 5.42. The van der Waals surface area contributed by atoms with Crippen LogP contribution >= 0.6 is 11.3 Å². The van der Waals surface area contributed by atoms with E-state index in [4.69, 9.17) is 4.74 Å². The number of carbonyl (C=O) groups is 2. The van der Waals surface area contributed by atoms with E-state index < -0.39 is 0 Å². The minimum absolute atomic E-state index is 0.0567. The van der Waals surface area contributed by atoms with Gasteiger partial charge in [0.15, 0.2) is 5.13 Å². The van der Waals surface area contributed by atoms with Crippen LogP contribution in [0.5, 0.6) is 0 Å². The number of amides is 1. The van der Waals surface area contributed by atoms with Crippen molar-refractivity contribution in [2.45, 2.75) is 41.2 Å². The maximum atomic E-state index is 12.4. The van der Waals surface area contributed by atoms with E-state index in [1.807, 2.05) is 63.4 Å². The van der Waals surface area contributed by atoms with Gasteiger partial charge in [-0.2, -0.15) is 0 Å². The second-order valence-electron chi connectivity index (χ2n) is 7.11. The standard InChI is InChI=1S/C23H24N2O3S/c1-14-9-10-20(17(4)11-14)22(27)28-12-19-13-29-23(24-19)25(18(5)26)21-15(2)7-6-8-16(21)3/h6-11,13H,12H2,1-5H3. The number of carbonyl (C=O) groups excluding carboxylic acids is 2. The van der Waals surface area contributed by atoms with Crippen LogP contribution in [0, 0.1) is 27.7 Å². The highest BCUT2D eigenvalue weighted by molar-refractivity contribution is 7.14. The molecule has 2 aromatic carbocycles. The summed E-state index contributed by atoms with van der Waals surface area (Å²) >= 11 is 1.35. The van der Waals surface area contributed by atoms with E-state index in [0.29, 0.717) is 16.4 Å². The monoisotopic (exact) mass is 408 g/mol. The molecule has 1 amide bonds. The SMILES string of the molecule is CC(=O)N(c1nc(COC(=O)c2ccc(C)cc2C)cs1)c1c(C)cccc1C. The molecular formula is C23H24N2O3S. The van der Waals surface area contributed by atoms with Crippen molar-refractivity contribution in [3.63, 3.8) is 0 Å². The molecule has 0 spiro atoms. The summed E-state index contributed by atoms with van der Waals surface area (Å²) in [6.45, 7) is 9.39. The van der Waals surface area contributed by atoms with E-state index in [0.717, 1.165) is 27.9 Å². The normalized spacial score (nSPS) is 10.7. The van der Waals surface area contributed by atoms with Gasteiger partial charge in [-0.05, 0) is 50.5 Å². The van der Waals surface area contributed by atoms with Gasteiger partial charge in [0.25, 0.3) is 0 Å². The second-order valence-corrected chi connectivity index (χ2v) is 7.95. The van der Waals surface area contributed by atoms with Crippen LogP contribution in [0.4, 0.5) is 10.8 Å². The molecule has 3 rings (SSSR count). The van der Waals surface area contributed by atoms with Gasteiger partial charge in [0.05, 0.1) is 16.9 Å². The Kier molecular flexibility index (Phi) is 6.13. The van der Waals surface area contributed by atoms with Crippen molar-refractivity contribution >= 4 is 34.0 Å². The molecule has 0 saturated carbocycles. The van der Waals surface area contributed by atoms with Crippen molar-refractivity contribution in [2.75, 3.05) is 4.90 Å². The van der Waals surface area contributed by atoms with Gasteiger partial charge in [0, 0.05) is 12.3 Å². The molecule has 0 N–H and O–H groups in total. The number of hydrogen-bond donors (Lipinski definition) is 0. The molecule has 0 unspecified atom stereocenters. The summed E-state index contributed by atoms with van der Waals surface area (Å²) in [5, 5.41) is 2.38. The Morgan fingerprint density at radius 2 is 1.72 bits per heavy atom. The first-order chi connectivity index (χ1) is 13.8. The number of anilines is 2. The summed E-state index contributed by atoms with van der Waals surface area (Å²) < 4.78 is 5.44. The molecule has 0 atom stereocenters. The summed E-state index contributed by atoms with van der Waals surface area (Å²) in [5.74, 6) is -0.495. The summed E-state index contributed by atoms with van der Waals surface area (Å²) in [6.07, 6.45) is 0. The smallest absolute Gasteiger partial charge is 0.338 e. The molecule has 5 nitrogen and oxygen atoms in total. The Hall–Kier alpha value is -2.99. The van der Waals surface area contributed by atoms with Crippen LogP contribution in [0.2, 0.25) is 0 Å². The zero-order chi connectivity index (χ0) is 21.1. The number of esters is 1. The zero-order valence-corrected chi connectivity index (χ0v) is 18.1. The van der Waals surface area contributed by atoms with Crippen LogP contribution < -0.4 is 4.90 Å². The van der Waals surface area contributed by atoms with Gasteiger partial charge in [-0.15, -0.1) is 11.3 Å². The third-order valence-corrected chi connectivity index (χ3v) is 5.54. The maximum Gasteiger partial charge on any atom is 0.338 e. The Bertz CT molecular complexity index is 1050. The quantitative estimate of drug-likeness (QED) is 0.529. The highest BCUT2D eigenvalue weighted by Gasteiger charge is 2.21. The van der Waals surface area contributed by atoms with Gasteiger partial charge in [-0.3, -0.25) is 9.69 Å². The lowest BCUT2D eigenvalue weighted by molar-refractivity contribution is -0.115. The topological polar surface area (TPSA) is 59.5 Å². The van der Waals surface area contributed by atoms with Gasteiger partial charge >= 0.3 is 5.97 Å². The molecule has 0 aliphatic heterocycles. The molecule has 0 bridgehead atoms. The van der Waals surface area contributed by atoms with Gasteiger partial charge in [0.2, 0.25) is 5.91 Å². The Labute approximate surface area is 175 Å². The Morgan fingerprint density at radius 3 is 2.34 bits per heavy atom. The predicted molar refractivity (Wildman–Crippen MR) is 116 cm³/mol. The van der Waals surface area contributed by atoms with Crippen molar-refractivity contribution < 1.29 is 14.3 Å². The highest BCUT2D eigenvalue weighted by Crippen LogP contribution is 2.33. The third-order valence-electron chi connectivity index (χ3n) is 4.66. The van der Waals surface area contributed by atoms with Crippen LogP contribution in [-0.2, 0) is 16.1 Å². The number of aromatic nitrogens is 1. The summed E-state index contributed by atoms with van der Waals surface area (Å²) in [5.41, 5.74) is 5.97. The molecule has 0 saturated heterocycles. The average molecular weight is 409 g/mol. The molecule has 3 aromatic rings. The van der Waals surface area contributed by atoms with E-state index in [1.54, 1.807) is 11.0 Å². The number of thiazole rings is 1. The number of ether oxygens (including phenoxy) is 1. The van der Waals surface area contributed by atoms with Crippen molar-refractivity contribution in [3.8, 4) is 0 Å². The molecule has 1 aromatic heterocycles. The van der Waals surface area contributed by atoms with Crippen LogP contribution in [0.3, 0.4) is 0 Å². The van der Waals surface area contributed by atoms with Crippen LogP contribution in [0.25, 0.3) is 0 Å². The van der Waals surface area contributed by atoms with E-state index in [-0.39, 0.29) is 18.5 Å². The van der Waals surface area contributed by atoms with Gasteiger partial charge in [-0.1, -0.05) is 35.9 Å². The van der Waals surface area contributed by atoms with Crippen molar-refractivity contribution in [1.29, 1.82) is 0 Å². The summed E-state index contributed by atoms with van der Waals surface area (Å²) in [7, 11) is 0. The molecular weight excluding hydrogens is 384 g/mol. The van der Waals surface area contributed by atoms with Crippen LogP contribution in [-0.4, -0.2) is 16.9 Å². The molecule has 0 aliphatic carbocycles. The lowest BCUT2D eigenvalue weighted by atomic mass is 10.1. The number of hydrogen-bond acceptors (Lipinski definition) is 5. The first-order valence-electron chi connectivity index (χ1n) is 9.33. The van der Waals surface area contributed by atoms with Gasteiger partial charge in [0.1, 0.15) is 6.61 Å². The van der Waals surface area contributed by atoms with E-state index in [2.05, 4.69) is 4.98 Å². The third kappa shape index (κ3) is 4.54. The number of nitrogens with zero attached hydrogens (tertiary/aromatic N) is 2. The van der Waals surface area contributed by atoms with Crippen molar-refractivity contribution in [1.82, 2.24) is 4.98 Å². The first kappa shape index (κ1) is 20.7. The molecule has 29 heavy (non-hydrogen) atoms. The number of benzene rings is 2. The molecule has 0 aliphatic rings. The number of rotatable bonds is 5. The maximum absolute atomic E-state index is 12.4. The molecule has 0 radical (unpaired) electrons. The zero-order valence-electron chi connectivity index (χ0n) is 17.3. The molecule has 1 heterocycles. The van der Waals surface area contributed by atoms with Gasteiger partial charge in [-0.25, -0.2) is 9.78 Å². The van der Waals surface area contributed by atoms with Crippen molar-refractivity contribution in [2.24, 2.45) is 0 Å². The summed E-state index contributed by atoms with van der Waals surface area (Å²) in [6, 6.07) is 11.5. The van der Waals surface area contributed by atoms with Crippen LogP contribution in [0.1, 0.15) is 45.2 Å². The fourth-order valence-electron chi connectivity index (χ4n) is 3.27. The summed E-state index contributed by atoms with van der Waals surface area (Å²) in [4.78, 5) is 30.9. The second kappa shape index (κ2) is 8.57. The van der Waals surface area contributed by atoms with E-state index in [1.165, 1.54) is 18.3 Å². The lowest BCUT2D eigenvalue weighted by Gasteiger charge is -2.22. The Morgan fingerprint density at radius 1 is 1.03 bits per heavy atom. The minimum atomic E-state index is -0.379. The molecule has 150 valence electrons. The fraction of sp³-hybridized carbons (Fsp3) is 0.261. The molecule has 0 fully saturated rings. The van der Waals surface area contributed by atoms with E-state index >= 15 is 0 Å². The minimum Gasteiger partial charge on any atom is -0.456 e. The number of para-hydroxylation sites is 1. The van der Waals surface area contributed by atoms with Crippen molar-refractivity contribution in [3.05, 3.63) is 75.3 Å². The highest BCUT2D eigenvalue weighted by atomic mass is 32.1. The fourth-order valence-corrected chi connectivity index (χ4v) is 4.13. The molecule has 6 heteroatoms. The first-order valence-corrected chi connectivity index (χ1v) is 10.2. The number of aryl methyl sites for hydroxylation is 4. The average Bonchev–Trinajstić information content (AvgIpc) is 3.11. The largest absolute Gasteiger partial charge is 0.456 e. The Balaban J connectivity index is 1.79. The lowest BCUT2D eigenvalue weighted by Crippen LogP contribution is -2.24. The van der Waals surface area contributed by atoms with Crippen LogP contribution in [0.15, 0.2) is 41.8 Å². The van der Waals surface area contributed by atoms with E-state index in [9.17, 15) is 9.59 Å².